The number of benzene rings is 1. The van der Waals surface area contributed by atoms with Crippen LogP contribution in [0.3, 0.4) is 0 Å². The van der Waals surface area contributed by atoms with Crippen LogP contribution in [0, 0.1) is 5.92 Å². The maximum absolute atomic E-state index is 12.9. The van der Waals surface area contributed by atoms with Gasteiger partial charge in [-0.3, -0.25) is 4.79 Å². The first kappa shape index (κ1) is 18.9. The Kier molecular flexibility index (Phi) is 5.53. The molecule has 2 heterocycles. The summed E-state index contributed by atoms with van der Waals surface area (Å²) in [7, 11) is 0. The number of aliphatic hydroxyl groups is 1. The van der Waals surface area contributed by atoms with Crippen molar-refractivity contribution in [3.63, 3.8) is 0 Å². The lowest BCUT2D eigenvalue weighted by Crippen LogP contribution is -2.59. The smallest absolute Gasteiger partial charge is 0.255 e. The van der Waals surface area contributed by atoms with E-state index in [1.807, 2.05) is 11.0 Å². The van der Waals surface area contributed by atoms with Crippen LogP contribution >= 0.6 is 0 Å². The van der Waals surface area contributed by atoms with Crippen molar-refractivity contribution in [2.24, 2.45) is 5.92 Å². The molecule has 0 radical (unpaired) electrons. The lowest BCUT2D eigenvalue weighted by molar-refractivity contribution is -0.156. The van der Waals surface area contributed by atoms with Gasteiger partial charge in [-0.2, -0.15) is 0 Å². The average molecular weight is 373 g/mol. The van der Waals surface area contributed by atoms with Crippen LogP contribution < -0.4 is 5.32 Å². The van der Waals surface area contributed by atoms with Crippen molar-refractivity contribution in [2.45, 2.75) is 49.5 Å². The molecule has 2 saturated heterocycles. The van der Waals surface area contributed by atoms with E-state index in [-0.39, 0.29) is 11.3 Å². The monoisotopic (exact) mass is 372 g/mol. The fraction of sp³-hybridized carbons (Fsp3) is 0.682. The van der Waals surface area contributed by atoms with Gasteiger partial charge in [-0.25, -0.2) is 0 Å². The van der Waals surface area contributed by atoms with Gasteiger partial charge < -0.3 is 20.1 Å². The molecular weight excluding hydrogens is 340 g/mol. The van der Waals surface area contributed by atoms with Crippen molar-refractivity contribution < 1.29 is 14.6 Å². The number of hydrogen-bond donors (Lipinski definition) is 2. The van der Waals surface area contributed by atoms with Crippen LogP contribution in [0.5, 0.6) is 0 Å². The highest BCUT2D eigenvalue weighted by atomic mass is 16.5. The van der Waals surface area contributed by atoms with Gasteiger partial charge in [-0.1, -0.05) is 30.3 Å². The zero-order chi connectivity index (χ0) is 18.7. The molecule has 5 nitrogen and oxygen atoms in total. The van der Waals surface area contributed by atoms with Crippen LogP contribution in [-0.4, -0.2) is 60.9 Å². The van der Waals surface area contributed by atoms with E-state index in [0.717, 1.165) is 52.1 Å². The highest BCUT2D eigenvalue weighted by Gasteiger charge is 2.44. The molecule has 4 rings (SSSR count). The first-order valence-corrected chi connectivity index (χ1v) is 10.5. The van der Waals surface area contributed by atoms with E-state index in [9.17, 15) is 9.90 Å². The minimum absolute atomic E-state index is 0.0152. The summed E-state index contributed by atoms with van der Waals surface area (Å²) in [5.41, 5.74) is 0.0791. The summed E-state index contributed by atoms with van der Waals surface area (Å²) in [5, 5.41) is 14.5. The van der Waals surface area contributed by atoms with Gasteiger partial charge in [-0.05, 0) is 50.0 Å². The second kappa shape index (κ2) is 7.90. The van der Waals surface area contributed by atoms with Crippen LogP contribution in [0.15, 0.2) is 30.3 Å². The number of nitrogens with one attached hydrogen (secondary N) is 1. The SMILES string of the molecule is O=C1N(CC2CC2)CCCC1(O)CNCC1(c2ccccc2)CCOCC1. The molecule has 2 N–H and O–H groups in total. The fourth-order valence-electron chi connectivity index (χ4n) is 4.65. The highest BCUT2D eigenvalue weighted by Crippen LogP contribution is 2.35. The number of nitrogens with zero attached hydrogens (tertiary/aromatic N) is 1. The molecule has 1 aromatic rings. The molecule has 5 heteroatoms. The predicted octanol–water partition coefficient (Wildman–Crippen LogP) is 2.09. The van der Waals surface area contributed by atoms with Gasteiger partial charge in [-0.15, -0.1) is 0 Å². The normalized spacial score (nSPS) is 28.3. The Morgan fingerprint density at radius 2 is 1.85 bits per heavy atom. The number of carbonyl (C=O) groups is 1. The van der Waals surface area contributed by atoms with Crippen LogP contribution in [0.1, 0.15) is 44.1 Å². The van der Waals surface area contributed by atoms with Crippen LogP contribution in [-0.2, 0) is 14.9 Å². The van der Waals surface area contributed by atoms with E-state index in [1.165, 1.54) is 18.4 Å². The zero-order valence-electron chi connectivity index (χ0n) is 16.2. The molecule has 1 aromatic carbocycles. The Bertz CT molecular complexity index is 640. The third kappa shape index (κ3) is 4.20. The average Bonchev–Trinajstić information content (AvgIpc) is 3.51. The number of amides is 1. The summed E-state index contributed by atoms with van der Waals surface area (Å²) < 4.78 is 5.60. The maximum atomic E-state index is 12.9. The molecule has 0 aromatic heterocycles. The molecule has 2 aliphatic heterocycles. The van der Waals surface area contributed by atoms with Crippen molar-refractivity contribution >= 4 is 5.91 Å². The van der Waals surface area contributed by atoms with Crippen LogP contribution in [0.4, 0.5) is 0 Å². The third-order valence-corrected chi connectivity index (χ3v) is 6.60. The molecule has 148 valence electrons. The van der Waals surface area contributed by atoms with Crippen molar-refractivity contribution in [3.8, 4) is 0 Å². The Labute approximate surface area is 162 Å². The molecule has 1 aliphatic carbocycles. The van der Waals surface area contributed by atoms with Gasteiger partial charge >= 0.3 is 0 Å². The highest BCUT2D eigenvalue weighted by molar-refractivity contribution is 5.86. The van der Waals surface area contributed by atoms with Crippen molar-refractivity contribution in [3.05, 3.63) is 35.9 Å². The summed E-state index contributed by atoms with van der Waals surface area (Å²) in [6.45, 7) is 4.24. The van der Waals surface area contributed by atoms with E-state index in [0.29, 0.717) is 18.9 Å². The number of hydrogen-bond acceptors (Lipinski definition) is 4. The fourth-order valence-corrected chi connectivity index (χ4v) is 4.65. The number of likely N-dealkylation sites (tertiary alicyclic amines) is 1. The van der Waals surface area contributed by atoms with Gasteiger partial charge in [0.15, 0.2) is 5.60 Å². The molecule has 1 amide bonds. The molecule has 1 unspecified atom stereocenters. The molecule has 1 saturated carbocycles. The molecule has 3 fully saturated rings. The number of piperidine rings is 1. The standard InChI is InChI=1S/C22H32N2O3/c25-20-22(26,9-4-12-24(20)15-18-7-8-18)17-23-16-21(10-13-27-14-11-21)19-5-2-1-3-6-19/h1-3,5-6,18,23,26H,4,7-17H2. The lowest BCUT2D eigenvalue weighted by Gasteiger charge is -2.41. The summed E-state index contributed by atoms with van der Waals surface area (Å²) in [6, 6.07) is 10.6. The summed E-state index contributed by atoms with van der Waals surface area (Å²) >= 11 is 0. The molecule has 3 aliphatic rings. The van der Waals surface area contributed by atoms with Crippen molar-refractivity contribution in [2.75, 3.05) is 39.4 Å². The minimum atomic E-state index is -1.25. The van der Waals surface area contributed by atoms with E-state index in [2.05, 4.69) is 29.6 Å². The van der Waals surface area contributed by atoms with E-state index in [1.54, 1.807) is 0 Å². The molecule has 0 bridgehead atoms. The summed E-state index contributed by atoms with van der Waals surface area (Å²) in [4.78, 5) is 14.8. The minimum Gasteiger partial charge on any atom is -0.381 e. The molecule has 27 heavy (non-hydrogen) atoms. The van der Waals surface area contributed by atoms with Gasteiger partial charge in [0.05, 0.1) is 0 Å². The first-order valence-electron chi connectivity index (χ1n) is 10.5. The van der Waals surface area contributed by atoms with Crippen molar-refractivity contribution in [1.29, 1.82) is 0 Å². The Morgan fingerprint density at radius 3 is 2.56 bits per heavy atom. The third-order valence-electron chi connectivity index (χ3n) is 6.60. The Morgan fingerprint density at radius 1 is 1.11 bits per heavy atom. The second-order valence-corrected chi connectivity index (χ2v) is 8.69. The molecular formula is C22H32N2O3. The number of carbonyl (C=O) groups excluding carboxylic acids is 1. The largest absolute Gasteiger partial charge is 0.381 e. The Hall–Kier alpha value is -1.43. The van der Waals surface area contributed by atoms with E-state index < -0.39 is 5.60 Å². The zero-order valence-corrected chi connectivity index (χ0v) is 16.2. The van der Waals surface area contributed by atoms with Crippen LogP contribution in [0.2, 0.25) is 0 Å². The summed E-state index contributed by atoms with van der Waals surface area (Å²) in [6.07, 6.45) is 5.81. The maximum Gasteiger partial charge on any atom is 0.255 e. The van der Waals surface area contributed by atoms with Gasteiger partial charge in [0.25, 0.3) is 5.91 Å². The quantitative estimate of drug-likeness (QED) is 0.769. The predicted molar refractivity (Wildman–Crippen MR) is 105 cm³/mol. The van der Waals surface area contributed by atoms with Crippen molar-refractivity contribution in [1.82, 2.24) is 10.2 Å². The van der Waals surface area contributed by atoms with Gasteiger partial charge in [0.2, 0.25) is 0 Å². The first-order chi connectivity index (χ1) is 13.1. The van der Waals surface area contributed by atoms with Crippen LogP contribution in [0.25, 0.3) is 0 Å². The number of ether oxygens (including phenoxy) is 1. The number of rotatable bonds is 7. The Balaban J connectivity index is 1.40. The van der Waals surface area contributed by atoms with E-state index in [4.69, 9.17) is 4.74 Å². The van der Waals surface area contributed by atoms with Gasteiger partial charge in [0.1, 0.15) is 0 Å². The van der Waals surface area contributed by atoms with Gasteiger partial charge in [0, 0.05) is 44.8 Å². The van der Waals surface area contributed by atoms with E-state index >= 15 is 0 Å². The second-order valence-electron chi connectivity index (χ2n) is 8.69. The molecule has 1 atom stereocenters. The molecule has 0 spiro atoms. The lowest BCUT2D eigenvalue weighted by atomic mass is 9.74. The summed E-state index contributed by atoms with van der Waals surface area (Å²) in [5.74, 6) is 0.585. The topological polar surface area (TPSA) is 61.8 Å².